The van der Waals surface area contributed by atoms with Gasteiger partial charge in [0.15, 0.2) is 12.1 Å². The summed E-state index contributed by atoms with van der Waals surface area (Å²) in [6, 6.07) is 23.0. The fourth-order valence-corrected chi connectivity index (χ4v) is 4.78. The molecule has 2 saturated heterocycles. The van der Waals surface area contributed by atoms with Gasteiger partial charge < -0.3 is 20.1 Å². The van der Waals surface area contributed by atoms with Crippen LogP contribution in [0.1, 0.15) is 46.0 Å². The lowest BCUT2D eigenvalue weighted by molar-refractivity contribution is -0.126. The van der Waals surface area contributed by atoms with Crippen LogP contribution in [0.15, 0.2) is 78.9 Å². The second kappa shape index (κ2) is 11.5. The fraction of sp³-hybridized carbons (Fsp3) is 0.300. The van der Waals surface area contributed by atoms with E-state index in [2.05, 4.69) is 10.6 Å². The summed E-state index contributed by atoms with van der Waals surface area (Å²) >= 11 is 0. The average molecular weight is 514 g/mol. The van der Waals surface area contributed by atoms with Gasteiger partial charge in [-0.25, -0.2) is 4.79 Å². The van der Waals surface area contributed by atoms with Crippen LogP contribution < -0.4 is 10.6 Å². The number of nitrogens with one attached hydrogen (secondary N) is 2. The van der Waals surface area contributed by atoms with Gasteiger partial charge in [-0.1, -0.05) is 60.2 Å². The molecule has 2 aliphatic rings. The van der Waals surface area contributed by atoms with Crippen molar-refractivity contribution in [1.29, 1.82) is 0 Å². The third-order valence-electron chi connectivity index (χ3n) is 6.89. The number of carbonyl (C=O) groups excluding carboxylic acids is 3. The van der Waals surface area contributed by atoms with Gasteiger partial charge in [0, 0.05) is 24.4 Å². The lowest BCUT2D eigenvalue weighted by atomic mass is 10.00. The monoisotopic (exact) mass is 513 g/mol. The van der Waals surface area contributed by atoms with Gasteiger partial charge in [-0.2, -0.15) is 0 Å². The van der Waals surface area contributed by atoms with Gasteiger partial charge in [-0.3, -0.25) is 14.5 Å². The fourth-order valence-electron chi connectivity index (χ4n) is 4.78. The highest BCUT2D eigenvalue weighted by Gasteiger charge is 2.47. The van der Waals surface area contributed by atoms with Gasteiger partial charge in [0.1, 0.15) is 0 Å². The van der Waals surface area contributed by atoms with Crippen molar-refractivity contribution in [3.63, 3.8) is 0 Å². The number of cyclic esters (lactones) is 1. The van der Waals surface area contributed by atoms with Crippen molar-refractivity contribution in [2.75, 3.05) is 18.5 Å². The standard InChI is InChI=1S/C30H31N3O5/c1-20-9-11-23(12-10-20)28(34)32-24-15-13-22(14-16-24)27-26(29(35)31-18-25-8-5-17-37-25)33(30(36)38-27)19-21-6-3-2-4-7-21/h2-4,6-7,9-16,25-27H,5,8,17-19H2,1H3,(H,31,35)(H,32,34). The number of amides is 3. The maximum atomic E-state index is 13.4. The van der Waals surface area contributed by atoms with Gasteiger partial charge in [-0.15, -0.1) is 0 Å². The summed E-state index contributed by atoms with van der Waals surface area (Å²) in [5.74, 6) is -0.505. The minimum absolute atomic E-state index is 0.0191. The molecule has 2 heterocycles. The van der Waals surface area contributed by atoms with Crippen LogP contribution in [0.25, 0.3) is 0 Å². The van der Waals surface area contributed by atoms with E-state index in [4.69, 9.17) is 9.47 Å². The molecular formula is C30H31N3O5. The molecule has 0 aromatic heterocycles. The number of benzene rings is 3. The second-order valence-electron chi connectivity index (χ2n) is 9.69. The van der Waals surface area contributed by atoms with Gasteiger partial charge >= 0.3 is 6.09 Å². The van der Waals surface area contributed by atoms with Crippen molar-refractivity contribution >= 4 is 23.6 Å². The molecular weight excluding hydrogens is 482 g/mol. The summed E-state index contributed by atoms with van der Waals surface area (Å²) in [5.41, 5.74) is 3.80. The molecule has 3 aromatic carbocycles. The summed E-state index contributed by atoms with van der Waals surface area (Å²) in [6.45, 7) is 3.30. The van der Waals surface area contributed by atoms with Crippen LogP contribution in [0.2, 0.25) is 0 Å². The Labute approximate surface area is 221 Å². The van der Waals surface area contributed by atoms with Crippen LogP contribution >= 0.6 is 0 Å². The maximum Gasteiger partial charge on any atom is 0.411 e. The molecule has 2 N–H and O–H groups in total. The van der Waals surface area contributed by atoms with E-state index >= 15 is 0 Å². The van der Waals surface area contributed by atoms with E-state index in [1.165, 1.54) is 4.90 Å². The van der Waals surface area contributed by atoms with Gasteiger partial charge in [0.2, 0.25) is 5.91 Å². The molecule has 3 atom stereocenters. The number of aryl methyl sites for hydroxylation is 1. The Balaban J connectivity index is 1.33. The van der Waals surface area contributed by atoms with Crippen molar-refractivity contribution in [3.05, 3.63) is 101 Å². The first-order valence-electron chi connectivity index (χ1n) is 12.9. The molecule has 3 amide bonds. The molecule has 8 heteroatoms. The first kappa shape index (κ1) is 25.5. The molecule has 2 fully saturated rings. The Bertz CT molecular complexity index is 1270. The molecule has 3 aromatic rings. The lowest BCUT2D eigenvalue weighted by Crippen LogP contribution is -2.47. The van der Waals surface area contributed by atoms with Crippen LogP contribution in [0.3, 0.4) is 0 Å². The topological polar surface area (TPSA) is 97.0 Å². The molecule has 3 unspecified atom stereocenters. The van der Waals surface area contributed by atoms with Crippen LogP contribution in [0, 0.1) is 6.92 Å². The van der Waals surface area contributed by atoms with Crippen molar-refractivity contribution in [3.8, 4) is 0 Å². The smallest absolute Gasteiger partial charge is 0.411 e. The predicted molar refractivity (Wildman–Crippen MR) is 143 cm³/mol. The van der Waals surface area contributed by atoms with E-state index in [0.717, 1.165) is 24.0 Å². The highest BCUT2D eigenvalue weighted by molar-refractivity contribution is 6.04. The molecule has 196 valence electrons. The quantitative estimate of drug-likeness (QED) is 0.459. The first-order valence-corrected chi connectivity index (χ1v) is 12.9. The summed E-state index contributed by atoms with van der Waals surface area (Å²) in [5, 5.41) is 5.85. The molecule has 38 heavy (non-hydrogen) atoms. The van der Waals surface area contributed by atoms with Gasteiger partial charge in [0.05, 0.1) is 12.6 Å². The SMILES string of the molecule is Cc1ccc(C(=O)Nc2ccc(C3OC(=O)N(Cc4ccccc4)C3C(=O)NCC3CCCO3)cc2)cc1. The Hall–Kier alpha value is -4.17. The molecule has 0 aliphatic carbocycles. The van der Waals surface area contributed by atoms with E-state index in [1.54, 1.807) is 36.4 Å². The molecule has 2 aliphatic heterocycles. The third kappa shape index (κ3) is 5.86. The summed E-state index contributed by atoms with van der Waals surface area (Å²) in [7, 11) is 0. The lowest BCUT2D eigenvalue weighted by Gasteiger charge is -2.25. The largest absolute Gasteiger partial charge is 0.438 e. The zero-order chi connectivity index (χ0) is 26.5. The number of ether oxygens (including phenoxy) is 2. The zero-order valence-electron chi connectivity index (χ0n) is 21.3. The van der Waals surface area contributed by atoms with E-state index in [0.29, 0.717) is 30.0 Å². The molecule has 8 nitrogen and oxygen atoms in total. The Morgan fingerprint density at radius 3 is 2.39 bits per heavy atom. The normalized spacial score (nSPS) is 20.7. The zero-order valence-corrected chi connectivity index (χ0v) is 21.3. The Morgan fingerprint density at radius 1 is 0.974 bits per heavy atom. The highest BCUT2D eigenvalue weighted by Crippen LogP contribution is 2.34. The molecule has 0 saturated carbocycles. The van der Waals surface area contributed by atoms with Crippen LogP contribution in [0.4, 0.5) is 10.5 Å². The van der Waals surface area contributed by atoms with Crippen LogP contribution in [0.5, 0.6) is 0 Å². The molecule has 5 rings (SSSR count). The molecule has 0 bridgehead atoms. The average Bonchev–Trinajstić information content (AvgIpc) is 3.57. The summed E-state index contributed by atoms with van der Waals surface area (Å²) in [4.78, 5) is 40.5. The Morgan fingerprint density at radius 2 is 1.71 bits per heavy atom. The van der Waals surface area contributed by atoms with Crippen molar-refractivity contribution in [2.45, 2.75) is 44.6 Å². The third-order valence-corrected chi connectivity index (χ3v) is 6.89. The molecule has 0 radical (unpaired) electrons. The van der Waals surface area contributed by atoms with Crippen molar-refractivity contribution in [2.24, 2.45) is 0 Å². The number of anilines is 1. The Kier molecular flexibility index (Phi) is 7.70. The number of carbonyl (C=O) groups is 3. The van der Waals surface area contributed by atoms with Crippen molar-refractivity contribution in [1.82, 2.24) is 10.2 Å². The van der Waals surface area contributed by atoms with E-state index in [-0.39, 0.29) is 24.5 Å². The van der Waals surface area contributed by atoms with Crippen molar-refractivity contribution < 1.29 is 23.9 Å². The van der Waals surface area contributed by atoms with Gasteiger partial charge in [-0.05, 0) is 55.2 Å². The van der Waals surface area contributed by atoms with Gasteiger partial charge in [0.25, 0.3) is 5.91 Å². The minimum Gasteiger partial charge on any atom is -0.438 e. The van der Waals surface area contributed by atoms with E-state index < -0.39 is 18.2 Å². The number of hydrogen-bond acceptors (Lipinski definition) is 5. The maximum absolute atomic E-state index is 13.4. The second-order valence-corrected chi connectivity index (χ2v) is 9.69. The first-order chi connectivity index (χ1) is 18.5. The summed E-state index contributed by atoms with van der Waals surface area (Å²) in [6.07, 6.45) is 0.508. The highest BCUT2D eigenvalue weighted by atomic mass is 16.6. The van der Waals surface area contributed by atoms with Crippen LogP contribution in [-0.4, -0.2) is 48.1 Å². The predicted octanol–water partition coefficient (Wildman–Crippen LogP) is 4.60. The van der Waals surface area contributed by atoms with E-state index in [9.17, 15) is 14.4 Å². The number of nitrogens with zero attached hydrogens (tertiary/aromatic N) is 1. The molecule has 0 spiro atoms. The number of rotatable bonds is 8. The van der Waals surface area contributed by atoms with E-state index in [1.807, 2.05) is 49.4 Å². The minimum atomic E-state index is -0.850. The number of hydrogen-bond donors (Lipinski definition) is 2. The van der Waals surface area contributed by atoms with Crippen LogP contribution in [-0.2, 0) is 20.8 Å². The summed E-state index contributed by atoms with van der Waals surface area (Å²) < 4.78 is 11.4.